The van der Waals surface area contributed by atoms with Crippen molar-refractivity contribution in [1.29, 1.82) is 0 Å². The van der Waals surface area contributed by atoms with Crippen molar-refractivity contribution >= 4 is 0 Å². The maximum absolute atomic E-state index is 9.61. The molecule has 1 rings (SSSR count). The molecule has 0 aromatic rings. The Bertz CT molecular complexity index is 191. The molecule has 6 heteroatoms. The third-order valence-corrected chi connectivity index (χ3v) is 2.73. The Hall–Kier alpha value is 0.904. The minimum Gasteiger partial charge on any atom is -0.394 e. The molecule has 1 radical (unpaired) electrons. The molecule has 5 nitrogen and oxygen atoms in total. The van der Waals surface area contributed by atoms with Crippen LogP contribution < -0.4 is 0 Å². The summed E-state index contributed by atoms with van der Waals surface area (Å²) in [7, 11) is 0. The third-order valence-electron chi connectivity index (χ3n) is 2.73. The summed E-state index contributed by atoms with van der Waals surface area (Å²) in [4.78, 5) is 0. The molecule has 4 N–H and O–H groups in total. The zero-order valence-electron chi connectivity index (χ0n) is 9.20. The van der Waals surface area contributed by atoms with E-state index >= 15 is 0 Å². The first-order valence-corrected chi connectivity index (χ1v) is 5.21. The van der Waals surface area contributed by atoms with Gasteiger partial charge in [0.05, 0.1) is 12.7 Å². The van der Waals surface area contributed by atoms with E-state index < -0.39 is 30.5 Å². The second-order valence-corrected chi connectivity index (χ2v) is 3.86. The van der Waals surface area contributed by atoms with E-state index in [-0.39, 0.29) is 46.7 Å². The van der Waals surface area contributed by atoms with Gasteiger partial charge in [-0.3, -0.25) is 0 Å². The number of hydrogen-bond donors (Lipinski definition) is 4. The molecule has 0 aromatic heterocycles. The average molecular weight is 324 g/mol. The zero-order valence-corrected chi connectivity index (χ0v) is 12.0. The number of aliphatic hydroxyl groups is 4. The van der Waals surface area contributed by atoms with E-state index in [9.17, 15) is 15.3 Å². The summed E-state index contributed by atoms with van der Waals surface area (Å²) in [5, 5.41) is 37.5. The molecule has 5 atom stereocenters. The predicted octanol–water partition coefficient (Wildman–Crippen LogP) is -0.533. The van der Waals surface area contributed by atoms with Gasteiger partial charge in [0.15, 0.2) is 0 Å². The van der Waals surface area contributed by atoms with Crippen molar-refractivity contribution in [2.45, 2.75) is 57.2 Å². The van der Waals surface area contributed by atoms with Crippen LogP contribution in [0.3, 0.4) is 0 Å². The number of rotatable bonds is 4. The van der Waals surface area contributed by atoms with Crippen LogP contribution in [0, 0.1) is 6.92 Å². The molecular weight excluding hydrogens is 301 g/mol. The summed E-state index contributed by atoms with van der Waals surface area (Å²) in [5.41, 5.74) is 0. The molecule has 101 valence electrons. The number of ether oxygens (including phenoxy) is 1. The standard InChI is InChI=1S/C10H19O5.CH4.Y/c1-2-3-4-6-8(12)10(14)9(13)7(5-11)15-6;;/h6-14H,1-5H2;1H4;/q-1;;. The van der Waals surface area contributed by atoms with E-state index in [0.29, 0.717) is 6.42 Å². The van der Waals surface area contributed by atoms with Crippen LogP contribution in [-0.2, 0) is 37.4 Å². The van der Waals surface area contributed by atoms with Gasteiger partial charge in [-0.05, 0) is 6.42 Å². The van der Waals surface area contributed by atoms with Gasteiger partial charge in [0.1, 0.15) is 24.4 Å². The molecule has 0 saturated carbocycles. The van der Waals surface area contributed by atoms with Crippen molar-refractivity contribution in [3.63, 3.8) is 0 Å². The normalized spacial score (nSPS) is 36.9. The van der Waals surface area contributed by atoms with E-state index in [1.807, 2.05) is 0 Å². The van der Waals surface area contributed by atoms with Gasteiger partial charge >= 0.3 is 0 Å². The van der Waals surface area contributed by atoms with Gasteiger partial charge in [0.2, 0.25) is 0 Å². The van der Waals surface area contributed by atoms with Crippen LogP contribution in [0.4, 0.5) is 0 Å². The van der Waals surface area contributed by atoms with Crippen LogP contribution in [0.1, 0.15) is 26.7 Å². The molecule has 0 spiro atoms. The van der Waals surface area contributed by atoms with E-state index in [2.05, 4.69) is 6.92 Å². The molecule has 5 unspecified atom stereocenters. The monoisotopic (exact) mass is 324 g/mol. The van der Waals surface area contributed by atoms with Crippen LogP contribution >= 0.6 is 0 Å². The van der Waals surface area contributed by atoms with Crippen LogP contribution in [0.5, 0.6) is 0 Å². The minimum absolute atomic E-state index is 0. The van der Waals surface area contributed by atoms with Crippen molar-refractivity contribution in [2.75, 3.05) is 6.61 Å². The summed E-state index contributed by atoms with van der Waals surface area (Å²) >= 11 is 0. The van der Waals surface area contributed by atoms with E-state index in [1.54, 1.807) is 0 Å². The Morgan fingerprint density at radius 2 is 1.53 bits per heavy atom. The second-order valence-electron chi connectivity index (χ2n) is 3.86. The quantitative estimate of drug-likeness (QED) is 0.522. The summed E-state index contributed by atoms with van der Waals surface area (Å²) in [6.45, 7) is 3.30. The first-order chi connectivity index (χ1) is 7.11. The Morgan fingerprint density at radius 1 is 1.00 bits per heavy atom. The van der Waals surface area contributed by atoms with Gasteiger partial charge < -0.3 is 32.1 Å². The topological polar surface area (TPSA) is 90.2 Å². The number of unbranched alkanes of at least 4 members (excludes halogenated alkanes) is 1. The summed E-state index contributed by atoms with van der Waals surface area (Å²) in [6.07, 6.45) is -2.91. The van der Waals surface area contributed by atoms with Crippen LogP contribution in [0.2, 0.25) is 0 Å². The zero-order chi connectivity index (χ0) is 11.4. The predicted molar refractivity (Wildman–Crippen MR) is 59.7 cm³/mol. The third kappa shape index (κ3) is 5.19. The molecule has 0 bridgehead atoms. The average Bonchev–Trinajstić information content (AvgIpc) is 2.25. The van der Waals surface area contributed by atoms with Crippen molar-refractivity contribution in [3.8, 4) is 0 Å². The molecule has 0 amide bonds. The fourth-order valence-electron chi connectivity index (χ4n) is 1.76. The van der Waals surface area contributed by atoms with E-state index in [4.69, 9.17) is 9.84 Å². The van der Waals surface area contributed by atoms with Crippen LogP contribution in [0.25, 0.3) is 0 Å². The van der Waals surface area contributed by atoms with Crippen molar-refractivity contribution in [3.05, 3.63) is 6.92 Å². The van der Waals surface area contributed by atoms with Crippen molar-refractivity contribution < 1.29 is 57.9 Å². The number of aliphatic hydroxyl groups excluding tert-OH is 4. The SMILES string of the molecule is C.[CH2-]CCCC1OC(CO)C(O)C(O)C1O.[Y]. The van der Waals surface area contributed by atoms with Gasteiger partial charge in [-0.15, -0.1) is 0 Å². The fourth-order valence-corrected chi connectivity index (χ4v) is 1.76. The Balaban J connectivity index is 0. The molecule has 1 saturated heterocycles. The molecule has 17 heavy (non-hydrogen) atoms. The maximum Gasteiger partial charge on any atom is 0.111 e. The molecule has 1 aliphatic heterocycles. The minimum atomic E-state index is -1.26. The fraction of sp³-hybridized carbons (Fsp3) is 0.909. The van der Waals surface area contributed by atoms with Crippen molar-refractivity contribution in [1.82, 2.24) is 0 Å². The smallest absolute Gasteiger partial charge is 0.111 e. The first-order valence-electron chi connectivity index (χ1n) is 5.21. The first kappa shape index (κ1) is 20.2. The Labute approximate surface area is 128 Å². The van der Waals surface area contributed by atoms with Gasteiger partial charge in [-0.25, -0.2) is 0 Å². The molecular formula is C11H23O5Y-. The summed E-state index contributed by atoms with van der Waals surface area (Å²) < 4.78 is 5.29. The second kappa shape index (κ2) is 9.78. The van der Waals surface area contributed by atoms with Gasteiger partial charge in [0.25, 0.3) is 0 Å². The van der Waals surface area contributed by atoms with Crippen LogP contribution in [-0.4, -0.2) is 57.6 Å². The van der Waals surface area contributed by atoms with Gasteiger partial charge in [-0.1, -0.05) is 13.8 Å². The molecule has 0 aliphatic carbocycles. The van der Waals surface area contributed by atoms with Crippen LogP contribution in [0.15, 0.2) is 0 Å². The van der Waals surface area contributed by atoms with Crippen molar-refractivity contribution in [2.24, 2.45) is 0 Å². The summed E-state index contributed by atoms with van der Waals surface area (Å²) in [6, 6.07) is 0. The van der Waals surface area contributed by atoms with Gasteiger partial charge in [-0.2, -0.15) is 6.42 Å². The van der Waals surface area contributed by atoms with E-state index in [1.165, 1.54) is 0 Å². The molecule has 1 fully saturated rings. The molecule has 1 aliphatic rings. The maximum atomic E-state index is 9.61. The Kier molecular flexibility index (Phi) is 11.6. The molecule has 0 aromatic carbocycles. The summed E-state index contributed by atoms with van der Waals surface area (Å²) in [5.74, 6) is 0. The molecule has 1 heterocycles. The Morgan fingerprint density at radius 3 is 2.00 bits per heavy atom. The van der Waals surface area contributed by atoms with Gasteiger partial charge in [0, 0.05) is 32.7 Å². The largest absolute Gasteiger partial charge is 0.394 e. The number of hydrogen-bond acceptors (Lipinski definition) is 5. The van der Waals surface area contributed by atoms with E-state index in [0.717, 1.165) is 12.8 Å².